The van der Waals surface area contributed by atoms with Gasteiger partial charge in [-0.25, -0.2) is 4.79 Å². The lowest BCUT2D eigenvalue weighted by molar-refractivity contribution is 0.218. The first-order valence-corrected chi connectivity index (χ1v) is 9.49. The molecule has 0 radical (unpaired) electrons. The van der Waals surface area contributed by atoms with Crippen LogP contribution in [0, 0.1) is 12.8 Å². The predicted octanol–water partition coefficient (Wildman–Crippen LogP) is 3.50. The zero-order valence-electron chi connectivity index (χ0n) is 14.9. The lowest BCUT2D eigenvalue weighted by Gasteiger charge is -2.36. The Labute approximate surface area is 145 Å². The maximum Gasteiger partial charge on any atom is 0.322 e. The monoisotopic (exact) mass is 327 g/mol. The lowest BCUT2D eigenvalue weighted by Crippen LogP contribution is -2.50. The zero-order valence-corrected chi connectivity index (χ0v) is 14.9. The minimum Gasteiger partial charge on any atom is -0.337 e. The number of anilines is 1. The van der Waals surface area contributed by atoms with E-state index in [0.717, 1.165) is 31.7 Å². The standard InChI is InChI=1S/C20H29N3O/c1-14-7-8-18-16(11-14)17-13-22(2)10-9-19(17)23(18)20(24)21-12-15-5-3-4-6-15/h7-8,11,15,17,19H,3-6,9-10,12-13H2,1-2H3,(H,21,24). The highest BCUT2D eigenvalue weighted by atomic mass is 16.2. The molecule has 2 atom stereocenters. The number of rotatable bonds is 2. The Hall–Kier alpha value is -1.55. The van der Waals surface area contributed by atoms with Crippen molar-refractivity contribution in [1.82, 2.24) is 10.2 Å². The topological polar surface area (TPSA) is 35.6 Å². The maximum absolute atomic E-state index is 13.0. The predicted molar refractivity (Wildman–Crippen MR) is 97.7 cm³/mol. The number of nitrogens with one attached hydrogen (secondary N) is 1. The molecule has 1 aliphatic carbocycles. The Kier molecular flexibility index (Phi) is 4.25. The number of fused-ring (bicyclic) bond motifs is 3. The van der Waals surface area contributed by atoms with Crippen LogP contribution in [0.2, 0.25) is 0 Å². The van der Waals surface area contributed by atoms with Crippen LogP contribution in [0.25, 0.3) is 0 Å². The number of likely N-dealkylation sites (N-methyl/N-ethyl adjacent to an activating group) is 1. The van der Waals surface area contributed by atoms with Crippen molar-refractivity contribution in [3.8, 4) is 0 Å². The van der Waals surface area contributed by atoms with E-state index in [9.17, 15) is 4.79 Å². The van der Waals surface area contributed by atoms with E-state index in [4.69, 9.17) is 0 Å². The quantitative estimate of drug-likeness (QED) is 0.902. The van der Waals surface area contributed by atoms with Gasteiger partial charge in [-0.1, -0.05) is 30.5 Å². The molecule has 1 saturated carbocycles. The van der Waals surface area contributed by atoms with E-state index in [1.165, 1.54) is 36.8 Å². The molecule has 4 heteroatoms. The summed E-state index contributed by atoms with van der Waals surface area (Å²) in [6.45, 7) is 5.10. The summed E-state index contributed by atoms with van der Waals surface area (Å²) in [6.07, 6.45) is 6.25. The van der Waals surface area contributed by atoms with Gasteiger partial charge in [0, 0.05) is 30.7 Å². The number of aryl methyl sites for hydroxylation is 1. The molecule has 0 spiro atoms. The van der Waals surface area contributed by atoms with E-state index in [2.05, 4.69) is 47.3 Å². The first kappa shape index (κ1) is 15.9. The zero-order chi connectivity index (χ0) is 16.7. The fourth-order valence-electron chi connectivity index (χ4n) is 4.88. The SMILES string of the molecule is Cc1ccc2c(c1)C1CN(C)CCC1N2C(=O)NCC1CCCC1. The summed E-state index contributed by atoms with van der Waals surface area (Å²) in [7, 11) is 2.19. The van der Waals surface area contributed by atoms with Crippen molar-refractivity contribution < 1.29 is 4.79 Å². The van der Waals surface area contributed by atoms with Crippen molar-refractivity contribution >= 4 is 11.7 Å². The number of hydrogen-bond acceptors (Lipinski definition) is 2. The van der Waals surface area contributed by atoms with E-state index in [0.29, 0.717) is 17.9 Å². The second kappa shape index (κ2) is 6.40. The summed E-state index contributed by atoms with van der Waals surface area (Å²) >= 11 is 0. The maximum atomic E-state index is 13.0. The Balaban J connectivity index is 1.56. The lowest BCUT2D eigenvalue weighted by atomic mass is 9.89. The van der Waals surface area contributed by atoms with Crippen LogP contribution in [0.5, 0.6) is 0 Å². The first-order valence-electron chi connectivity index (χ1n) is 9.49. The van der Waals surface area contributed by atoms with Crippen LogP contribution in [-0.4, -0.2) is 43.7 Å². The molecule has 2 amide bonds. The third kappa shape index (κ3) is 2.81. The molecule has 3 aliphatic rings. The average molecular weight is 327 g/mol. The Bertz CT molecular complexity index is 623. The summed E-state index contributed by atoms with van der Waals surface area (Å²) in [5, 5.41) is 3.24. The van der Waals surface area contributed by atoms with Crippen LogP contribution in [-0.2, 0) is 0 Å². The van der Waals surface area contributed by atoms with Crippen molar-refractivity contribution in [3.05, 3.63) is 29.3 Å². The number of urea groups is 1. The van der Waals surface area contributed by atoms with Crippen LogP contribution in [0.1, 0.15) is 49.1 Å². The molecule has 2 aliphatic heterocycles. The molecule has 4 nitrogen and oxygen atoms in total. The molecule has 1 aromatic carbocycles. The summed E-state index contributed by atoms with van der Waals surface area (Å²) in [5.74, 6) is 1.14. The molecule has 0 aromatic heterocycles. The molecule has 2 fully saturated rings. The molecule has 1 N–H and O–H groups in total. The fourth-order valence-corrected chi connectivity index (χ4v) is 4.88. The molecular formula is C20H29N3O. The number of likely N-dealkylation sites (tertiary alicyclic amines) is 1. The smallest absolute Gasteiger partial charge is 0.322 e. The minimum absolute atomic E-state index is 0.115. The van der Waals surface area contributed by atoms with E-state index >= 15 is 0 Å². The Morgan fingerprint density at radius 2 is 2.04 bits per heavy atom. The highest BCUT2D eigenvalue weighted by Gasteiger charge is 2.43. The number of carbonyl (C=O) groups excluding carboxylic acids is 1. The van der Waals surface area contributed by atoms with Gasteiger partial charge < -0.3 is 10.2 Å². The largest absolute Gasteiger partial charge is 0.337 e. The molecule has 130 valence electrons. The molecule has 24 heavy (non-hydrogen) atoms. The third-order valence-electron chi connectivity index (χ3n) is 6.19. The minimum atomic E-state index is 0.115. The van der Waals surface area contributed by atoms with Gasteiger partial charge in [0.2, 0.25) is 0 Å². The Morgan fingerprint density at radius 3 is 2.83 bits per heavy atom. The molecular weight excluding hydrogens is 298 g/mol. The number of benzene rings is 1. The summed E-state index contributed by atoms with van der Waals surface area (Å²) < 4.78 is 0. The third-order valence-corrected chi connectivity index (χ3v) is 6.19. The number of carbonyl (C=O) groups is 1. The normalized spacial score (nSPS) is 27.2. The van der Waals surface area contributed by atoms with Crippen molar-refractivity contribution in [3.63, 3.8) is 0 Å². The van der Waals surface area contributed by atoms with Gasteiger partial charge in [-0.3, -0.25) is 4.90 Å². The van der Waals surface area contributed by atoms with Crippen molar-refractivity contribution in [2.24, 2.45) is 5.92 Å². The molecule has 0 bridgehead atoms. The van der Waals surface area contributed by atoms with E-state index < -0.39 is 0 Å². The number of amides is 2. The Morgan fingerprint density at radius 1 is 1.25 bits per heavy atom. The highest BCUT2D eigenvalue weighted by Crippen LogP contribution is 2.44. The summed E-state index contributed by atoms with van der Waals surface area (Å²) in [5.41, 5.74) is 3.78. The molecule has 2 heterocycles. The number of hydrogen-bond donors (Lipinski definition) is 1. The van der Waals surface area contributed by atoms with Crippen LogP contribution in [0.3, 0.4) is 0 Å². The summed E-state index contributed by atoms with van der Waals surface area (Å²) in [4.78, 5) is 17.5. The van der Waals surface area contributed by atoms with Gasteiger partial charge in [0.15, 0.2) is 0 Å². The van der Waals surface area contributed by atoms with Crippen molar-refractivity contribution in [1.29, 1.82) is 0 Å². The van der Waals surface area contributed by atoms with Gasteiger partial charge in [0.25, 0.3) is 0 Å². The molecule has 1 aromatic rings. The van der Waals surface area contributed by atoms with Crippen molar-refractivity contribution in [2.45, 2.75) is 51.0 Å². The molecule has 1 saturated heterocycles. The van der Waals surface area contributed by atoms with E-state index in [-0.39, 0.29) is 6.03 Å². The number of nitrogens with zero attached hydrogens (tertiary/aromatic N) is 2. The van der Waals surface area contributed by atoms with Crippen LogP contribution in [0.15, 0.2) is 18.2 Å². The van der Waals surface area contributed by atoms with Crippen LogP contribution in [0.4, 0.5) is 10.5 Å². The van der Waals surface area contributed by atoms with Gasteiger partial charge in [-0.15, -0.1) is 0 Å². The highest BCUT2D eigenvalue weighted by molar-refractivity contribution is 5.95. The second-order valence-corrected chi connectivity index (χ2v) is 7.99. The van der Waals surface area contributed by atoms with E-state index in [1.807, 2.05) is 0 Å². The summed E-state index contributed by atoms with van der Waals surface area (Å²) in [6, 6.07) is 7.01. The van der Waals surface area contributed by atoms with Gasteiger partial charge >= 0.3 is 6.03 Å². The number of piperidine rings is 1. The van der Waals surface area contributed by atoms with Gasteiger partial charge in [0.1, 0.15) is 0 Å². The van der Waals surface area contributed by atoms with Gasteiger partial charge in [0.05, 0.1) is 0 Å². The second-order valence-electron chi connectivity index (χ2n) is 7.99. The van der Waals surface area contributed by atoms with E-state index in [1.54, 1.807) is 0 Å². The fraction of sp³-hybridized carbons (Fsp3) is 0.650. The van der Waals surface area contributed by atoms with Gasteiger partial charge in [-0.05, 0) is 57.3 Å². The average Bonchev–Trinajstić information content (AvgIpc) is 3.18. The molecule has 2 unspecified atom stereocenters. The van der Waals surface area contributed by atoms with Crippen LogP contribution >= 0.6 is 0 Å². The van der Waals surface area contributed by atoms with Crippen LogP contribution < -0.4 is 10.2 Å². The molecule has 4 rings (SSSR count). The van der Waals surface area contributed by atoms with Gasteiger partial charge in [-0.2, -0.15) is 0 Å². The van der Waals surface area contributed by atoms with Crippen molar-refractivity contribution in [2.75, 3.05) is 31.6 Å². The first-order chi connectivity index (χ1) is 11.6.